The lowest BCUT2D eigenvalue weighted by atomic mass is 9.77. The van der Waals surface area contributed by atoms with E-state index < -0.39 is 11.6 Å². The third-order valence-corrected chi connectivity index (χ3v) is 9.44. The molecule has 2 aromatic rings. The molecule has 4 heteroatoms. The van der Waals surface area contributed by atoms with Gasteiger partial charge in [-0.05, 0) is 31.7 Å². The molecule has 1 N–H and O–H groups in total. The molecular formula is C30H40NO3+. The van der Waals surface area contributed by atoms with Gasteiger partial charge in [-0.25, -0.2) is 4.79 Å². The van der Waals surface area contributed by atoms with Crippen molar-refractivity contribution in [1.82, 2.24) is 0 Å². The summed E-state index contributed by atoms with van der Waals surface area (Å²) in [5.74, 6) is -0.152. The molecule has 2 bridgehead atoms. The number of piperidine rings is 1. The van der Waals surface area contributed by atoms with Gasteiger partial charge in [0.25, 0.3) is 0 Å². The molecule has 2 aliphatic carbocycles. The van der Waals surface area contributed by atoms with Crippen LogP contribution in [0.1, 0.15) is 75.5 Å². The lowest BCUT2D eigenvalue weighted by Crippen LogP contribution is -2.53. The van der Waals surface area contributed by atoms with Crippen molar-refractivity contribution in [1.29, 1.82) is 0 Å². The van der Waals surface area contributed by atoms with E-state index in [1.54, 1.807) is 0 Å². The highest BCUT2D eigenvalue weighted by Gasteiger charge is 2.61. The summed E-state index contributed by atoms with van der Waals surface area (Å²) in [6.45, 7) is 3.33. The number of carbonyl (C=O) groups excluding carboxylic acids is 1. The van der Waals surface area contributed by atoms with Crippen LogP contribution in [0.5, 0.6) is 0 Å². The molecule has 0 amide bonds. The number of likely N-dealkylation sites (tertiary alicyclic amines) is 1. The summed E-state index contributed by atoms with van der Waals surface area (Å²) in [7, 11) is 2.33. The van der Waals surface area contributed by atoms with Gasteiger partial charge in [0.15, 0.2) is 11.7 Å². The zero-order valence-corrected chi connectivity index (χ0v) is 20.7. The maximum atomic E-state index is 13.9. The first kappa shape index (κ1) is 23.6. The van der Waals surface area contributed by atoms with Gasteiger partial charge in [-0.2, -0.15) is 0 Å². The Morgan fingerprint density at radius 3 is 2.21 bits per heavy atom. The number of aliphatic hydroxyl groups is 1. The Bertz CT molecular complexity index is 971. The van der Waals surface area contributed by atoms with Crippen molar-refractivity contribution in [3.63, 3.8) is 0 Å². The van der Waals surface area contributed by atoms with E-state index >= 15 is 0 Å². The smallest absolute Gasteiger partial charge is 0.343 e. The average molecular weight is 463 g/mol. The van der Waals surface area contributed by atoms with Crippen molar-refractivity contribution in [2.24, 2.45) is 11.8 Å². The zero-order valence-electron chi connectivity index (χ0n) is 20.7. The minimum Gasteiger partial charge on any atom is -0.453 e. The molecule has 1 aliphatic heterocycles. The Labute approximate surface area is 204 Å². The molecule has 4 nitrogen and oxygen atoms in total. The fourth-order valence-electron chi connectivity index (χ4n) is 7.31. The van der Waals surface area contributed by atoms with Crippen LogP contribution in [0, 0.1) is 11.8 Å². The van der Waals surface area contributed by atoms with Gasteiger partial charge in [-0.1, -0.05) is 86.3 Å². The average Bonchev–Trinajstić information content (AvgIpc) is 3.22. The lowest BCUT2D eigenvalue weighted by Gasteiger charge is -2.43. The number of rotatable bonds is 6. The zero-order chi connectivity index (χ0) is 23.8. The van der Waals surface area contributed by atoms with E-state index in [0.29, 0.717) is 17.5 Å². The van der Waals surface area contributed by atoms with E-state index in [1.165, 1.54) is 18.4 Å². The number of likely N-dealkylation sites (N-methyl/N-ethyl adjacent to an activating group) is 1. The number of fused-ring (bicyclic) bond motifs is 2. The van der Waals surface area contributed by atoms with E-state index in [0.717, 1.165) is 49.6 Å². The highest BCUT2D eigenvalue weighted by atomic mass is 16.6. The van der Waals surface area contributed by atoms with Crippen molar-refractivity contribution in [3.05, 3.63) is 71.8 Å². The van der Waals surface area contributed by atoms with Crippen LogP contribution in [0.3, 0.4) is 0 Å². The highest BCUT2D eigenvalue weighted by Crippen LogP contribution is 2.50. The van der Waals surface area contributed by atoms with Gasteiger partial charge in [0, 0.05) is 17.9 Å². The maximum absolute atomic E-state index is 13.9. The van der Waals surface area contributed by atoms with Crippen LogP contribution in [0.4, 0.5) is 0 Å². The molecule has 2 saturated carbocycles. The van der Waals surface area contributed by atoms with Crippen LogP contribution in [-0.4, -0.2) is 41.3 Å². The van der Waals surface area contributed by atoms with Crippen LogP contribution >= 0.6 is 0 Å². The van der Waals surface area contributed by atoms with Crippen molar-refractivity contribution < 1.29 is 19.1 Å². The molecule has 1 saturated heterocycles. The second kappa shape index (κ2) is 9.47. The first-order chi connectivity index (χ1) is 16.4. The standard InChI is InChI=1S/C30H40NO3/c1-22(23-13-7-5-8-14-23)31(2)21-24-19-20-27(31)28(24)34-29(32)30(33,26-17-11-6-12-18-26)25-15-9-3-4-10-16-25/h5-8,11-14,17-18,22,24-25,27-28,33H,3-4,9-10,15-16,19-21H2,1-2H3/q+1/t22-,24?,27-,28?,30+,31?/m0/s1. The van der Waals surface area contributed by atoms with Crippen LogP contribution in [-0.2, 0) is 15.1 Å². The predicted molar refractivity (Wildman–Crippen MR) is 134 cm³/mol. The Morgan fingerprint density at radius 1 is 0.941 bits per heavy atom. The molecule has 3 unspecified atom stereocenters. The molecule has 3 aliphatic rings. The quantitative estimate of drug-likeness (QED) is 0.337. The van der Waals surface area contributed by atoms with Gasteiger partial charge >= 0.3 is 5.97 Å². The molecule has 5 rings (SSSR count). The third-order valence-electron chi connectivity index (χ3n) is 9.44. The number of ether oxygens (including phenoxy) is 1. The summed E-state index contributed by atoms with van der Waals surface area (Å²) in [4.78, 5) is 13.9. The monoisotopic (exact) mass is 462 g/mol. The van der Waals surface area contributed by atoms with E-state index in [-0.39, 0.29) is 18.1 Å². The van der Waals surface area contributed by atoms with Crippen molar-refractivity contribution in [2.45, 2.75) is 82.1 Å². The highest BCUT2D eigenvalue weighted by molar-refractivity contribution is 5.82. The normalized spacial score (nSPS) is 32.0. The molecule has 3 fully saturated rings. The Morgan fingerprint density at radius 2 is 1.56 bits per heavy atom. The van der Waals surface area contributed by atoms with Crippen LogP contribution in [0.2, 0.25) is 0 Å². The van der Waals surface area contributed by atoms with Gasteiger partial charge in [-0.15, -0.1) is 0 Å². The first-order valence-corrected chi connectivity index (χ1v) is 13.3. The van der Waals surface area contributed by atoms with Crippen LogP contribution < -0.4 is 0 Å². The number of benzene rings is 2. The summed E-state index contributed by atoms with van der Waals surface area (Å²) in [5, 5.41) is 12.1. The number of quaternary nitrogens is 1. The first-order valence-electron chi connectivity index (χ1n) is 13.3. The van der Waals surface area contributed by atoms with Gasteiger partial charge in [0.05, 0.1) is 19.5 Å². The third kappa shape index (κ3) is 3.99. The van der Waals surface area contributed by atoms with Crippen molar-refractivity contribution in [3.8, 4) is 0 Å². The van der Waals surface area contributed by atoms with E-state index in [9.17, 15) is 9.90 Å². The minimum absolute atomic E-state index is 0.0897. The van der Waals surface area contributed by atoms with Gasteiger partial charge < -0.3 is 14.3 Å². The number of nitrogens with zero attached hydrogens (tertiary/aromatic N) is 1. The molecule has 0 spiro atoms. The Hall–Kier alpha value is -2.17. The topological polar surface area (TPSA) is 46.5 Å². The summed E-state index contributed by atoms with van der Waals surface area (Å²) >= 11 is 0. The predicted octanol–water partition coefficient (Wildman–Crippen LogP) is 5.76. The Balaban J connectivity index is 1.41. The van der Waals surface area contributed by atoms with Gasteiger partial charge in [0.1, 0.15) is 12.1 Å². The van der Waals surface area contributed by atoms with Gasteiger partial charge in [0.2, 0.25) is 0 Å². The molecule has 2 aromatic carbocycles. The number of hydrogen-bond acceptors (Lipinski definition) is 3. The molecule has 0 aromatic heterocycles. The van der Waals surface area contributed by atoms with Crippen LogP contribution in [0.15, 0.2) is 60.7 Å². The number of carbonyl (C=O) groups is 1. The fraction of sp³-hybridized carbons (Fsp3) is 0.567. The summed E-state index contributed by atoms with van der Waals surface area (Å²) in [5.41, 5.74) is 0.455. The lowest BCUT2D eigenvalue weighted by molar-refractivity contribution is -0.954. The minimum atomic E-state index is -1.57. The van der Waals surface area contributed by atoms with Gasteiger partial charge in [-0.3, -0.25) is 0 Å². The molecule has 6 atom stereocenters. The fourth-order valence-corrected chi connectivity index (χ4v) is 7.31. The summed E-state index contributed by atoms with van der Waals surface area (Å²) in [6.07, 6.45) is 8.27. The maximum Gasteiger partial charge on any atom is 0.343 e. The summed E-state index contributed by atoms with van der Waals surface area (Å²) in [6, 6.07) is 20.9. The van der Waals surface area contributed by atoms with Crippen molar-refractivity contribution >= 4 is 5.97 Å². The molecular weight excluding hydrogens is 422 g/mol. The molecule has 1 heterocycles. The second-order valence-corrected chi connectivity index (χ2v) is 11.2. The number of hydrogen-bond donors (Lipinski definition) is 1. The van der Waals surface area contributed by atoms with E-state index in [4.69, 9.17) is 4.74 Å². The molecule has 34 heavy (non-hydrogen) atoms. The van der Waals surface area contributed by atoms with E-state index in [1.807, 2.05) is 30.3 Å². The van der Waals surface area contributed by atoms with Crippen molar-refractivity contribution in [2.75, 3.05) is 13.6 Å². The molecule has 182 valence electrons. The largest absolute Gasteiger partial charge is 0.453 e. The van der Waals surface area contributed by atoms with E-state index in [2.05, 4.69) is 44.3 Å². The molecule has 0 radical (unpaired) electrons. The SMILES string of the molecule is C[C@@H](c1ccccc1)[N+]1(C)CC2CC[C@H]1C2OC(=O)[C@](O)(c1ccccc1)C1CCCCCC1. The second-order valence-electron chi connectivity index (χ2n) is 11.2. The Kier molecular flexibility index (Phi) is 6.56. The van der Waals surface area contributed by atoms with Crippen LogP contribution in [0.25, 0.3) is 0 Å². The summed E-state index contributed by atoms with van der Waals surface area (Å²) < 4.78 is 7.29. The number of esters is 1.